The fourth-order valence-electron chi connectivity index (χ4n) is 3.27. The van der Waals surface area contributed by atoms with Crippen LogP contribution in [0.3, 0.4) is 0 Å². The van der Waals surface area contributed by atoms with Crippen LogP contribution in [0.4, 0.5) is 5.69 Å². The number of thiocarbonyl (C=S) groups is 1. The molecule has 0 spiro atoms. The van der Waals surface area contributed by atoms with Gasteiger partial charge in [0.1, 0.15) is 0 Å². The third-order valence-electron chi connectivity index (χ3n) is 4.76. The summed E-state index contributed by atoms with van der Waals surface area (Å²) in [5, 5.41) is 9.61. The molecule has 2 aromatic carbocycles. The molecule has 150 valence electrons. The summed E-state index contributed by atoms with van der Waals surface area (Å²) in [6.45, 7) is 5.85. The Labute approximate surface area is 175 Å². The largest absolute Gasteiger partial charge is 0.465 e. The van der Waals surface area contributed by atoms with Gasteiger partial charge in [-0.1, -0.05) is 29.8 Å². The summed E-state index contributed by atoms with van der Waals surface area (Å²) in [7, 11) is 1.34. The lowest BCUT2D eigenvalue weighted by atomic mass is 9.97. The fourth-order valence-corrected chi connectivity index (χ4v) is 3.55. The van der Waals surface area contributed by atoms with E-state index in [-0.39, 0.29) is 11.9 Å². The zero-order chi connectivity index (χ0) is 21.1. The molecule has 0 unspecified atom stereocenters. The van der Waals surface area contributed by atoms with Crippen LogP contribution in [0.15, 0.2) is 48.0 Å². The average Bonchev–Trinajstić information content (AvgIpc) is 2.69. The Hall–Kier alpha value is -3.19. The van der Waals surface area contributed by atoms with E-state index >= 15 is 0 Å². The van der Waals surface area contributed by atoms with Gasteiger partial charge in [-0.2, -0.15) is 0 Å². The van der Waals surface area contributed by atoms with Gasteiger partial charge in [0.2, 0.25) is 0 Å². The first-order valence-corrected chi connectivity index (χ1v) is 9.60. The van der Waals surface area contributed by atoms with Crippen molar-refractivity contribution in [2.24, 2.45) is 0 Å². The minimum Gasteiger partial charge on any atom is -0.465 e. The minimum atomic E-state index is -0.416. The van der Waals surface area contributed by atoms with Gasteiger partial charge in [0.25, 0.3) is 5.91 Å². The number of hydrogen-bond acceptors (Lipinski definition) is 4. The molecule has 1 heterocycles. The van der Waals surface area contributed by atoms with Crippen molar-refractivity contribution in [3.8, 4) is 0 Å². The number of aryl methyl sites for hydroxylation is 2. The van der Waals surface area contributed by atoms with Crippen LogP contribution in [0, 0.1) is 13.8 Å². The first-order valence-electron chi connectivity index (χ1n) is 9.19. The number of hydrogen-bond donors (Lipinski definition) is 3. The van der Waals surface area contributed by atoms with Crippen LogP contribution in [0.1, 0.15) is 34.0 Å². The maximum atomic E-state index is 13.2. The fraction of sp³-hybridized carbons (Fsp3) is 0.227. The van der Waals surface area contributed by atoms with E-state index in [4.69, 9.17) is 17.0 Å². The minimum absolute atomic E-state index is 0.223. The molecule has 1 aliphatic rings. The van der Waals surface area contributed by atoms with Gasteiger partial charge >= 0.3 is 5.97 Å². The first-order chi connectivity index (χ1) is 13.8. The average molecular weight is 410 g/mol. The van der Waals surface area contributed by atoms with Gasteiger partial charge in [-0.25, -0.2) is 4.79 Å². The molecule has 0 fully saturated rings. The molecule has 0 saturated carbocycles. The lowest BCUT2D eigenvalue weighted by Crippen LogP contribution is -2.49. The van der Waals surface area contributed by atoms with Crippen LogP contribution in [-0.2, 0) is 9.53 Å². The number of benzene rings is 2. The molecule has 1 atom stereocenters. The van der Waals surface area contributed by atoms with Gasteiger partial charge in [0.15, 0.2) is 5.11 Å². The number of amides is 1. The highest BCUT2D eigenvalue weighted by Crippen LogP contribution is 2.25. The zero-order valence-corrected chi connectivity index (χ0v) is 17.6. The van der Waals surface area contributed by atoms with E-state index in [0.717, 1.165) is 22.4 Å². The van der Waals surface area contributed by atoms with Crippen molar-refractivity contribution < 1.29 is 14.3 Å². The molecule has 0 aromatic heterocycles. The smallest absolute Gasteiger partial charge is 0.337 e. The highest BCUT2D eigenvalue weighted by Gasteiger charge is 2.28. The Morgan fingerprint density at radius 2 is 1.79 bits per heavy atom. The van der Waals surface area contributed by atoms with Crippen molar-refractivity contribution in [3.05, 3.63) is 70.3 Å². The molecule has 7 heteroatoms. The van der Waals surface area contributed by atoms with Crippen LogP contribution >= 0.6 is 12.2 Å². The Morgan fingerprint density at radius 1 is 1.10 bits per heavy atom. The molecular formula is C22H23N3O3S. The predicted octanol–water partition coefficient (Wildman–Crippen LogP) is 3.31. The molecule has 1 amide bonds. The molecule has 29 heavy (non-hydrogen) atoms. The first kappa shape index (κ1) is 20.5. The summed E-state index contributed by atoms with van der Waals surface area (Å²) in [6.07, 6.45) is 0. The second kappa shape index (κ2) is 8.45. The topological polar surface area (TPSA) is 79.5 Å². The molecule has 0 bridgehead atoms. The lowest BCUT2D eigenvalue weighted by molar-refractivity contribution is -0.113. The zero-order valence-electron chi connectivity index (χ0n) is 16.8. The number of carbonyl (C=O) groups excluding carboxylic acids is 2. The number of ether oxygens (including phenoxy) is 1. The quantitative estimate of drug-likeness (QED) is 0.531. The molecule has 1 aliphatic heterocycles. The summed E-state index contributed by atoms with van der Waals surface area (Å²) >= 11 is 5.29. The maximum absolute atomic E-state index is 13.2. The summed E-state index contributed by atoms with van der Waals surface area (Å²) in [4.78, 5) is 24.9. The Balaban J connectivity index is 1.99. The van der Waals surface area contributed by atoms with E-state index in [1.54, 1.807) is 24.3 Å². The van der Waals surface area contributed by atoms with Crippen LogP contribution in [0.5, 0.6) is 0 Å². The van der Waals surface area contributed by atoms with Crippen LogP contribution < -0.4 is 16.0 Å². The van der Waals surface area contributed by atoms with E-state index in [1.165, 1.54) is 7.11 Å². The second-order valence-corrected chi connectivity index (χ2v) is 7.36. The summed E-state index contributed by atoms with van der Waals surface area (Å²) in [6, 6.07) is 12.4. The van der Waals surface area contributed by atoms with Crippen molar-refractivity contribution in [2.75, 3.05) is 12.4 Å². The van der Waals surface area contributed by atoms with Gasteiger partial charge in [0, 0.05) is 5.69 Å². The molecule has 3 rings (SSSR count). The third kappa shape index (κ3) is 4.46. The van der Waals surface area contributed by atoms with E-state index in [2.05, 4.69) is 16.0 Å². The lowest BCUT2D eigenvalue weighted by Gasteiger charge is -2.29. The summed E-state index contributed by atoms with van der Waals surface area (Å²) in [5.41, 5.74) is 5.20. The Kier molecular flexibility index (Phi) is 5.98. The Morgan fingerprint density at radius 3 is 2.41 bits per heavy atom. The van der Waals surface area contributed by atoms with Gasteiger partial charge in [0.05, 0.1) is 30.0 Å². The number of anilines is 1. The highest BCUT2D eigenvalue weighted by molar-refractivity contribution is 7.80. The van der Waals surface area contributed by atoms with Crippen molar-refractivity contribution in [3.63, 3.8) is 0 Å². The third-order valence-corrected chi connectivity index (χ3v) is 4.98. The van der Waals surface area contributed by atoms with E-state index in [0.29, 0.717) is 21.9 Å². The number of rotatable bonds is 4. The van der Waals surface area contributed by atoms with Crippen molar-refractivity contribution in [1.82, 2.24) is 10.6 Å². The molecule has 2 aromatic rings. The predicted molar refractivity (Wildman–Crippen MR) is 118 cm³/mol. The number of methoxy groups -OCH3 is 1. The molecule has 6 nitrogen and oxygen atoms in total. The molecular weight excluding hydrogens is 386 g/mol. The molecule has 0 radical (unpaired) electrons. The summed E-state index contributed by atoms with van der Waals surface area (Å²) < 4.78 is 4.74. The van der Waals surface area contributed by atoms with Gasteiger partial charge in [-0.3, -0.25) is 4.79 Å². The van der Waals surface area contributed by atoms with Crippen molar-refractivity contribution in [2.45, 2.75) is 26.8 Å². The highest BCUT2D eigenvalue weighted by atomic mass is 32.1. The Bertz CT molecular complexity index is 1010. The molecule has 0 saturated heterocycles. The molecule has 0 aliphatic carbocycles. The van der Waals surface area contributed by atoms with E-state index < -0.39 is 5.97 Å². The van der Waals surface area contributed by atoms with Gasteiger partial charge < -0.3 is 20.7 Å². The van der Waals surface area contributed by atoms with Gasteiger partial charge in [-0.05, 0) is 62.3 Å². The SMILES string of the molecule is COC(=O)c1ccc(C2=C(C(=O)Nc3ccc(C)cc3C)[C@@H](C)NC(=S)N2)cc1. The van der Waals surface area contributed by atoms with Crippen LogP contribution in [0.25, 0.3) is 5.70 Å². The van der Waals surface area contributed by atoms with Crippen LogP contribution in [-0.4, -0.2) is 30.1 Å². The van der Waals surface area contributed by atoms with E-state index in [1.807, 2.05) is 39.0 Å². The normalized spacial score (nSPS) is 16.0. The standard InChI is InChI=1S/C22H23N3O3S/c1-12-5-10-17(13(2)11-12)24-20(26)18-14(3)23-22(29)25-19(18)15-6-8-16(9-7-15)21(27)28-4/h5-11,14H,1-4H3,(H,24,26)(H2,23,25,29)/t14-/m1/s1. The maximum Gasteiger partial charge on any atom is 0.337 e. The number of carbonyl (C=O) groups is 2. The monoisotopic (exact) mass is 409 g/mol. The summed E-state index contributed by atoms with van der Waals surface area (Å²) in [5.74, 6) is -0.639. The number of esters is 1. The van der Waals surface area contributed by atoms with Gasteiger partial charge in [-0.15, -0.1) is 0 Å². The van der Waals surface area contributed by atoms with Crippen molar-refractivity contribution in [1.29, 1.82) is 0 Å². The van der Waals surface area contributed by atoms with Crippen molar-refractivity contribution >= 4 is 40.6 Å². The second-order valence-electron chi connectivity index (χ2n) is 6.95. The molecule has 3 N–H and O–H groups in total. The van der Waals surface area contributed by atoms with Crippen LogP contribution in [0.2, 0.25) is 0 Å². The number of nitrogens with one attached hydrogen (secondary N) is 3. The van der Waals surface area contributed by atoms with E-state index in [9.17, 15) is 9.59 Å².